The Morgan fingerprint density at radius 3 is 2.92 bits per heavy atom. The SMILES string of the molecule is CCNC(=NCc1ccccn1)NCC1(N2CCOCC2)CCSC1. The number of thioether (sulfide) groups is 1. The molecule has 0 radical (unpaired) electrons. The standard InChI is InChI=1S/C18H29N5OS/c1-2-19-17(21-13-16-5-3-4-7-20-16)22-14-18(6-12-25-15-18)23-8-10-24-11-9-23/h3-5,7H,2,6,8-15H2,1H3,(H2,19,21,22). The van der Waals surface area contributed by atoms with E-state index >= 15 is 0 Å². The van der Waals surface area contributed by atoms with Crippen LogP contribution in [-0.2, 0) is 11.3 Å². The Bertz CT molecular complexity index is 542. The van der Waals surface area contributed by atoms with Gasteiger partial charge in [-0.25, -0.2) is 4.99 Å². The maximum Gasteiger partial charge on any atom is 0.191 e. The van der Waals surface area contributed by atoms with Crippen molar-refractivity contribution in [3.05, 3.63) is 30.1 Å². The summed E-state index contributed by atoms with van der Waals surface area (Å²) in [7, 11) is 0. The molecule has 3 rings (SSSR count). The highest BCUT2D eigenvalue weighted by atomic mass is 32.2. The number of rotatable bonds is 6. The van der Waals surface area contributed by atoms with Crippen LogP contribution in [0.2, 0.25) is 0 Å². The molecule has 2 fully saturated rings. The summed E-state index contributed by atoms with van der Waals surface area (Å²) in [6, 6.07) is 5.94. The van der Waals surface area contributed by atoms with Crippen molar-refractivity contribution in [2.24, 2.45) is 4.99 Å². The van der Waals surface area contributed by atoms with Gasteiger partial charge in [0.25, 0.3) is 0 Å². The second-order valence-electron chi connectivity index (χ2n) is 6.50. The molecule has 2 aliphatic rings. The Labute approximate surface area is 154 Å². The molecule has 1 aromatic rings. The van der Waals surface area contributed by atoms with E-state index in [2.05, 4.69) is 39.2 Å². The fraction of sp³-hybridized carbons (Fsp3) is 0.667. The molecule has 2 saturated heterocycles. The highest BCUT2D eigenvalue weighted by Crippen LogP contribution is 2.33. The van der Waals surface area contributed by atoms with Gasteiger partial charge in [-0.2, -0.15) is 11.8 Å². The molecular weight excluding hydrogens is 334 g/mol. The van der Waals surface area contributed by atoms with Crippen LogP contribution in [-0.4, -0.2) is 72.3 Å². The van der Waals surface area contributed by atoms with Crippen LogP contribution >= 0.6 is 11.8 Å². The van der Waals surface area contributed by atoms with Crippen molar-refractivity contribution in [3.63, 3.8) is 0 Å². The van der Waals surface area contributed by atoms with Gasteiger partial charge in [-0.3, -0.25) is 9.88 Å². The van der Waals surface area contributed by atoms with Crippen LogP contribution in [0.3, 0.4) is 0 Å². The minimum atomic E-state index is 0.218. The van der Waals surface area contributed by atoms with Gasteiger partial charge in [0.05, 0.1) is 25.5 Å². The fourth-order valence-corrected chi connectivity index (χ4v) is 4.85. The number of nitrogens with one attached hydrogen (secondary N) is 2. The van der Waals surface area contributed by atoms with Crippen LogP contribution in [0.25, 0.3) is 0 Å². The lowest BCUT2D eigenvalue weighted by atomic mass is 9.95. The summed E-state index contributed by atoms with van der Waals surface area (Å²) in [5, 5.41) is 6.94. The predicted molar refractivity (Wildman–Crippen MR) is 104 cm³/mol. The summed E-state index contributed by atoms with van der Waals surface area (Å²) in [5.74, 6) is 3.29. The van der Waals surface area contributed by atoms with E-state index in [1.54, 1.807) is 0 Å². The maximum absolute atomic E-state index is 5.54. The molecule has 0 saturated carbocycles. The molecule has 138 valence electrons. The second-order valence-corrected chi connectivity index (χ2v) is 7.60. The first-order valence-corrected chi connectivity index (χ1v) is 10.3. The van der Waals surface area contributed by atoms with Gasteiger partial charge >= 0.3 is 0 Å². The molecule has 6 nitrogen and oxygen atoms in total. The van der Waals surface area contributed by atoms with Crippen molar-refractivity contribution in [1.82, 2.24) is 20.5 Å². The van der Waals surface area contributed by atoms with E-state index in [-0.39, 0.29) is 5.54 Å². The number of nitrogens with zero attached hydrogens (tertiary/aromatic N) is 3. The van der Waals surface area contributed by atoms with Gasteiger partial charge < -0.3 is 15.4 Å². The molecule has 3 heterocycles. The summed E-state index contributed by atoms with van der Waals surface area (Å²) in [5.41, 5.74) is 1.20. The lowest BCUT2D eigenvalue weighted by molar-refractivity contribution is -0.0120. The summed E-state index contributed by atoms with van der Waals surface area (Å²) >= 11 is 2.06. The molecule has 0 aliphatic carbocycles. The van der Waals surface area contributed by atoms with Gasteiger partial charge in [0, 0.05) is 43.7 Å². The van der Waals surface area contributed by atoms with E-state index in [1.807, 2.05) is 24.4 Å². The first-order chi connectivity index (χ1) is 12.3. The number of aliphatic imine (C=N–C) groups is 1. The van der Waals surface area contributed by atoms with Crippen LogP contribution in [0.15, 0.2) is 29.4 Å². The Morgan fingerprint density at radius 1 is 1.36 bits per heavy atom. The molecule has 2 N–H and O–H groups in total. The van der Waals surface area contributed by atoms with E-state index in [9.17, 15) is 0 Å². The highest BCUT2D eigenvalue weighted by molar-refractivity contribution is 7.99. The number of aromatic nitrogens is 1. The fourth-order valence-electron chi connectivity index (χ4n) is 3.38. The van der Waals surface area contributed by atoms with Gasteiger partial charge in [0.1, 0.15) is 0 Å². The molecular formula is C18H29N5OS. The topological polar surface area (TPSA) is 61.8 Å². The molecule has 1 unspecified atom stereocenters. The molecule has 0 spiro atoms. The van der Waals surface area contributed by atoms with Crippen LogP contribution in [0.4, 0.5) is 0 Å². The minimum absolute atomic E-state index is 0.218. The normalized spacial score (nSPS) is 25.1. The Hall–Kier alpha value is -1.31. The highest BCUT2D eigenvalue weighted by Gasteiger charge is 2.40. The van der Waals surface area contributed by atoms with Gasteiger partial charge in [0.15, 0.2) is 5.96 Å². The third-order valence-electron chi connectivity index (χ3n) is 4.82. The first kappa shape index (κ1) is 18.5. The number of hydrogen-bond donors (Lipinski definition) is 2. The zero-order valence-corrected chi connectivity index (χ0v) is 15.9. The van der Waals surface area contributed by atoms with Gasteiger partial charge in [-0.1, -0.05) is 6.07 Å². The largest absolute Gasteiger partial charge is 0.379 e. The van der Waals surface area contributed by atoms with Gasteiger partial charge in [0.2, 0.25) is 0 Å². The van der Waals surface area contributed by atoms with Crippen LogP contribution in [0, 0.1) is 0 Å². The number of pyridine rings is 1. The third-order valence-corrected chi connectivity index (χ3v) is 6.05. The molecule has 0 aromatic carbocycles. The Morgan fingerprint density at radius 2 is 2.24 bits per heavy atom. The number of guanidine groups is 1. The zero-order valence-electron chi connectivity index (χ0n) is 15.0. The monoisotopic (exact) mass is 363 g/mol. The van der Waals surface area contributed by atoms with Crippen molar-refractivity contribution in [3.8, 4) is 0 Å². The van der Waals surface area contributed by atoms with Crippen LogP contribution in [0.5, 0.6) is 0 Å². The molecule has 1 aromatic heterocycles. The van der Waals surface area contributed by atoms with E-state index in [4.69, 9.17) is 9.73 Å². The van der Waals surface area contributed by atoms with E-state index in [0.29, 0.717) is 6.54 Å². The van der Waals surface area contributed by atoms with E-state index in [0.717, 1.165) is 51.0 Å². The van der Waals surface area contributed by atoms with Gasteiger partial charge in [-0.05, 0) is 31.2 Å². The zero-order chi connectivity index (χ0) is 17.4. The summed E-state index contributed by atoms with van der Waals surface area (Å²) in [6.45, 7) is 8.23. The Kier molecular flexibility index (Phi) is 6.95. The molecule has 0 amide bonds. The molecule has 25 heavy (non-hydrogen) atoms. The molecule has 1 atom stereocenters. The maximum atomic E-state index is 5.54. The number of hydrogen-bond acceptors (Lipinski definition) is 5. The quantitative estimate of drug-likeness (QED) is 0.588. The molecule has 2 aliphatic heterocycles. The van der Waals surface area contributed by atoms with Crippen LogP contribution in [0.1, 0.15) is 19.0 Å². The first-order valence-electron chi connectivity index (χ1n) is 9.15. The lowest BCUT2D eigenvalue weighted by Crippen LogP contribution is -2.60. The average Bonchev–Trinajstić information content (AvgIpc) is 3.16. The molecule has 7 heteroatoms. The van der Waals surface area contributed by atoms with E-state index < -0.39 is 0 Å². The predicted octanol–water partition coefficient (Wildman–Crippen LogP) is 1.34. The van der Waals surface area contributed by atoms with Crippen molar-refractivity contribution in [2.75, 3.05) is 50.9 Å². The van der Waals surface area contributed by atoms with Crippen molar-refractivity contribution in [2.45, 2.75) is 25.4 Å². The van der Waals surface area contributed by atoms with Gasteiger partial charge in [-0.15, -0.1) is 0 Å². The Balaban J connectivity index is 1.62. The van der Waals surface area contributed by atoms with Crippen molar-refractivity contribution < 1.29 is 4.74 Å². The minimum Gasteiger partial charge on any atom is -0.379 e. The number of ether oxygens (including phenoxy) is 1. The van der Waals surface area contributed by atoms with Crippen molar-refractivity contribution >= 4 is 17.7 Å². The lowest BCUT2D eigenvalue weighted by Gasteiger charge is -2.43. The van der Waals surface area contributed by atoms with Crippen molar-refractivity contribution in [1.29, 1.82) is 0 Å². The second kappa shape index (κ2) is 9.40. The summed E-state index contributed by atoms with van der Waals surface area (Å²) < 4.78 is 5.54. The third kappa shape index (κ3) is 5.09. The summed E-state index contributed by atoms with van der Waals surface area (Å²) in [6.07, 6.45) is 3.04. The van der Waals surface area contributed by atoms with E-state index in [1.165, 1.54) is 17.9 Å². The van der Waals surface area contributed by atoms with Crippen LogP contribution < -0.4 is 10.6 Å². The number of morpholine rings is 1. The average molecular weight is 364 g/mol. The smallest absolute Gasteiger partial charge is 0.191 e. The summed E-state index contributed by atoms with van der Waals surface area (Å²) in [4.78, 5) is 11.7. The molecule has 0 bridgehead atoms.